The number of carbonyl (C=O) groups is 1. The lowest BCUT2D eigenvalue weighted by Crippen LogP contribution is -2.27. The molecule has 0 radical (unpaired) electrons. The minimum absolute atomic E-state index is 0.213. The van der Waals surface area contributed by atoms with Gasteiger partial charge in [0.05, 0.1) is 10.6 Å². The third kappa shape index (κ3) is 5.39. The molecule has 0 atom stereocenters. The molecule has 0 aliphatic rings. The molecule has 1 heterocycles. The number of nitrogens with one attached hydrogen (secondary N) is 1. The van der Waals surface area contributed by atoms with E-state index in [1.807, 2.05) is 36.4 Å². The van der Waals surface area contributed by atoms with Crippen molar-refractivity contribution in [2.75, 3.05) is 6.54 Å². The zero-order chi connectivity index (χ0) is 21.8. The van der Waals surface area contributed by atoms with Gasteiger partial charge in [-0.2, -0.15) is 0 Å². The first-order valence-corrected chi connectivity index (χ1v) is 11.8. The monoisotopic (exact) mass is 488 g/mol. The maximum atomic E-state index is 12.5. The van der Waals surface area contributed by atoms with Gasteiger partial charge in [0.15, 0.2) is 0 Å². The number of para-hydroxylation sites is 1. The average Bonchev–Trinajstić information content (AvgIpc) is 3.11. The molecule has 7 heteroatoms. The highest BCUT2D eigenvalue weighted by Gasteiger charge is 2.12. The number of hydrogen-bond donors (Lipinski definition) is 1. The quantitative estimate of drug-likeness (QED) is 0.276. The van der Waals surface area contributed by atoms with E-state index < -0.39 is 0 Å². The number of hydrogen-bond acceptors (Lipinski definition) is 2. The van der Waals surface area contributed by atoms with Crippen LogP contribution >= 0.6 is 46.6 Å². The fourth-order valence-electron chi connectivity index (χ4n) is 3.31. The Morgan fingerprint density at radius 2 is 1.68 bits per heavy atom. The van der Waals surface area contributed by atoms with Gasteiger partial charge in [-0.25, -0.2) is 0 Å². The highest BCUT2D eigenvalue weighted by atomic mass is 35.5. The largest absolute Gasteiger partial charge is 0.350 e. The summed E-state index contributed by atoms with van der Waals surface area (Å²) in [6, 6.07) is 21.1. The van der Waals surface area contributed by atoms with Gasteiger partial charge in [0.25, 0.3) is 5.91 Å². The lowest BCUT2D eigenvalue weighted by atomic mass is 10.2. The third-order valence-electron chi connectivity index (χ3n) is 4.87. The Labute approximate surface area is 200 Å². The summed E-state index contributed by atoms with van der Waals surface area (Å²) >= 11 is 19.8. The zero-order valence-corrected chi connectivity index (χ0v) is 19.5. The summed E-state index contributed by atoms with van der Waals surface area (Å²) in [6.45, 7) is 1.14. The summed E-state index contributed by atoms with van der Waals surface area (Å²) in [5.74, 6) is 0.646. The Morgan fingerprint density at radius 1 is 0.935 bits per heavy atom. The zero-order valence-electron chi connectivity index (χ0n) is 16.4. The van der Waals surface area contributed by atoms with E-state index in [1.54, 1.807) is 30.0 Å². The first-order chi connectivity index (χ1) is 15.0. The van der Waals surface area contributed by atoms with Crippen molar-refractivity contribution in [1.29, 1.82) is 0 Å². The number of halogens is 3. The van der Waals surface area contributed by atoms with E-state index in [0.29, 0.717) is 28.7 Å². The lowest BCUT2D eigenvalue weighted by Gasteiger charge is -2.09. The first kappa shape index (κ1) is 22.1. The summed E-state index contributed by atoms with van der Waals surface area (Å²) in [7, 11) is 0. The van der Waals surface area contributed by atoms with Crippen LogP contribution in [0.3, 0.4) is 0 Å². The summed E-state index contributed by atoms with van der Waals surface area (Å²) in [5, 5.41) is 5.73. The van der Waals surface area contributed by atoms with E-state index in [1.165, 1.54) is 15.8 Å². The normalized spacial score (nSPS) is 11.1. The van der Waals surface area contributed by atoms with Gasteiger partial charge >= 0.3 is 0 Å². The van der Waals surface area contributed by atoms with Crippen LogP contribution in [0.1, 0.15) is 15.9 Å². The van der Waals surface area contributed by atoms with Crippen molar-refractivity contribution in [3.05, 3.63) is 99.1 Å². The molecule has 3 aromatic carbocycles. The molecule has 0 aliphatic carbocycles. The summed E-state index contributed by atoms with van der Waals surface area (Å²) in [6.07, 6.45) is 2.15. The van der Waals surface area contributed by atoms with Gasteiger partial charge in [-0.3, -0.25) is 4.79 Å². The van der Waals surface area contributed by atoms with Gasteiger partial charge in [-0.05, 0) is 42.0 Å². The number of benzene rings is 3. The molecule has 1 amide bonds. The van der Waals surface area contributed by atoms with Crippen molar-refractivity contribution in [2.45, 2.75) is 17.2 Å². The predicted molar refractivity (Wildman–Crippen MR) is 132 cm³/mol. The number of nitrogens with zero attached hydrogens (tertiary/aromatic N) is 1. The third-order valence-corrected chi connectivity index (χ3v) is 6.79. The van der Waals surface area contributed by atoms with Crippen LogP contribution in [0.25, 0.3) is 10.9 Å². The number of thioether (sulfide) groups is 1. The Bertz CT molecular complexity index is 1220. The highest BCUT2D eigenvalue weighted by Crippen LogP contribution is 2.32. The van der Waals surface area contributed by atoms with Gasteiger partial charge in [-0.1, -0.05) is 65.1 Å². The molecule has 0 fully saturated rings. The van der Waals surface area contributed by atoms with Crippen LogP contribution in [0, 0.1) is 0 Å². The second-order valence-electron chi connectivity index (χ2n) is 7.00. The fourth-order valence-corrected chi connectivity index (χ4v) is 4.98. The standard InChI is InChI=1S/C24H19Cl3N2OS/c25-17-7-5-16(6-8-17)15-31-23-14-29(22-4-2-1-3-20(22)23)12-11-28-24(30)19-10-9-18(26)13-21(19)27/h1-10,13-14H,11-12,15H2,(H,28,30). The minimum atomic E-state index is -0.213. The molecule has 4 aromatic rings. The van der Waals surface area contributed by atoms with E-state index in [9.17, 15) is 4.79 Å². The number of aromatic nitrogens is 1. The van der Waals surface area contributed by atoms with Crippen LogP contribution in [-0.2, 0) is 12.3 Å². The van der Waals surface area contributed by atoms with Crippen LogP contribution in [0.2, 0.25) is 15.1 Å². The molecule has 1 N–H and O–H groups in total. The van der Waals surface area contributed by atoms with E-state index in [-0.39, 0.29) is 5.91 Å². The van der Waals surface area contributed by atoms with E-state index in [2.05, 4.69) is 28.2 Å². The summed E-state index contributed by atoms with van der Waals surface area (Å²) < 4.78 is 2.17. The molecule has 0 spiro atoms. The molecule has 4 rings (SSSR count). The van der Waals surface area contributed by atoms with Crippen molar-refractivity contribution in [3.8, 4) is 0 Å². The topological polar surface area (TPSA) is 34.0 Å². The Kier molecular flexibility index (Phi) is 7.13. The average molecular weight is 490 g/mol. The fraction of sp³-hybridized carbons (Fsp3) is 0.125. The minimum Gasteiger partial charge on any atom is -0.350 e. The molecule has 1 aromatic heterocycles. The second kappa shape index (κ2) is 10.0. The smallest absolute Gasteiger partial charge is 0.252 e. The Hall–Kier alpha value is -2.11. The van der Waals surface area contributed by atoms with Gasteiger partial charge in [0.1, 0.15) is 0 Å². The van der Waals surface area contributed by atoms with Crippen molar-refractivity contribution < 1.29 is 4.79 Å². The SMILES string of the molecule is O=C(NCCn1cc(SCc2ccc(Cl)cc2)c2ccccc21)c1ccc(Cl)cc1Cl. The lowest BCUT2D eigenvalue weighted by molar-refractivity contribution is 0.0952. The molecular weight excluding hydrogens is 471 g/mol. The number of rotatable bonds is 7. The molecule has 0 saturated heterocycles. The van der Waals surface area contributed by atoms with Crippen molar-refractivity contribution in [1.82, 2.24) is 9.88 Å². The summed E-state index contributed by atoms with van der Waals surface area (Å²) in [4.78, 5) is 13.7. The molecule has 31 heavy (non-hydrogen) atoms. The number of amides is 1. The van der Waals surface area contributed by atoms with Crippen molar-refractivity contribution in [3.63, 3.8) is 0 Å². The van der Waals surface area contributed by atoms with E-state index in [0.717, 1.165) is 16.3 Å². The van der Waals surface area contributed by atoms with Gasteiger partial charge in [0.2, 0.25) is 0 Å². The predicted octanol–water partition coefficient (Wildman–Crippen LogP) is 7.32. The van der Waals surface area contributed by atoms with Gasteiger partial charge < -0.3 is 9.88 Å². The van der Waals surface area contributed by atoms with Crippen molar-refractivity contribution >= 4 is 63.4 Å². The van der Waals surface area contributed by atoms with Crippen LogP contribution in [0.5, 0.6) is 0 Å². The van der Waals surface area contributed by atoms with Crippen LogP contribution in [0.15, 0.2) is 77.8 Å². The summed E-state index contributed by atoms with van der Waals surface area (Å²) in [5.41, 5.74) is 2.78. The van der Waals surface area contributed by atoms with E-state index >= 15 is 0 Å². The van der Waals surface area contributed by atoms with Crippen LogP contribution in [-0.4, -0.2) is 17.0 Å². The molecule has 0 aliphatic heterocycles. The Balaban J connectivity index is 1.44. The molecule has 0 unspecified atom stereocenters. The number of carbonyl (C=O) groups excluding carboxylic acids is 1. The molecule has 0 saturated carbocycles. The molecular formula is C24H19Cl3N2OS. The van der Waals surface area contributed by atoms with Gasteiger partial charge in [0, 0.05) is 50.9 Å². The van der Waals surface area contributed by atoms with Gasteiger partial charge in [-0.15, -0.1) is 11.8 Å². The van der Waals surface area contributed by atoms with Crippen LogP contribution < -0.4 is 5.32 Å². The molecule has 158 valence electrons. The highest BCUT2D eigenvalue weighted by molar-refractivity contribution is 7.98. The molecule has 3 nitrogen and oxygen atoms in total. The maximum Gasteiger partial charge on any atom is 0.252 e. The first-order valence-electron chi connectivity index (χ1n) is 9.69. The Morgan fingerprint density at radius 3 is 2.45 bits per heavy atom. The number of fused-ring (bicyclic) bond motifs is 1. The van der Waals surface area contributed by atoms with Crippen LogP contribution in [0.4, 0.5) is 0 Å². The maximum absolute atomic E-state index is 12.5. The second-order valence-corrected chi connectivity index (χ2v) is 9.30. The van der Waals surface area contributed by atoms with E-state index in [4.69, 9.17) is 34.8 Å². The molecule has 0 bridgehead atoms. The van der Waals surface area contributed by atoms with Crippen molar-refractivity contribution in [2.24, 2.45) is 0 Å².